The molecule has 0 aliphatic heterocycles. The van der Waals surface area contributed by atoms with E-state index in [1.165, 1.54) is 0 Å². The molecule has 0 heterocycles. The van der Waals surface area contributed by atoms with E-state index in [4.69, 9.17) is 10.8 Å². The molecule has 0 radical (unpaired) electrons. The second-order valence-electron chi connectivity index (χ2n) is 4.87. The minimum Gasteiger partial charge on any atom is -0.395 e. The number of carbonyl (C=O) groups excluding carboxylic acids is 2. The van der Waals surface area contributed by atoms with Crippen molar-refractivity contribution in [3.8, 4) is 0 Å². The second-order valence-corrected chi connectivity index (χ2v) is 4.87. The lowest BCUT2D eigenvalue weighted by Crippen LogP contribution is -2.35. The van der Waals surface area contributed by atoms with Crippen LogP contribution in [0.3, 0.4) is 0 Å². The summed E-state index contributed by atoms with van der Waals surface area (Å²) in [7, 11) is 0. The molecule has 6 nitrogen and oxygen atoms in total. The number of primary amides is 1. The SMILES string of the molecule is NC(=O)NCc1ccc(C(=O)N(CCO)C2CC2)cc1. The molecule has 1 aromatic carbocycles. The number of nitrogens with two attached hydrogens (primary N) is 1. The average molecular weight is 277 g/mol. The third kappa shape index (κ3) is 3.71. The summed E-state index contributed by atoms with van der Waals surface area (Å²) < 4.78 is 0. The Labute approximate surface area is 117 Å². The van der Waals surface area contributed by atoms with E-state index in [0.29, 0.717) is 18.7 Å². The highest BCUT2D eigenvalue weighted by molar-refractivity contribution is 5.94. The van der Waals surface area contributed by atoms with E-state index in [1.54, 1.807) is 29.2 Å². The van der Waals surface area contributed by atoms with E-state index >= 15 is 0 Å². The third-order valence-corrected chi connectivity index (χ3v) is 3.26. The first-order valence-corrected chi connectivity index (χ1v) is 6.66. The number of benzene rings is 1. The van der Waals surface area contributed by atoms with Crippen molar-refractivity contribution in [1.82, 2.24) is 10.2 Å². The Morgan fingerprint density at radius 1 is 1.30 bits per heavy atom. The Balaban J connectivity index is 2.00. The number of hydrogen-bond donors (Lipinski definition) is 3. The zero-order valence-corrected chi connectivity index (χ0v) is 11.2. The van der Waals surface area contributed by atoms with Crippen LogP contribution in [-0.2, 0) is 6.54 Å². The van der Waals surface area contributed by atoms with Gasteiger partial charge in [-0.1, -0.05) is 12.1 Å². The van der Waals surface area contributed by atoms with Crippen molar-refractivity contribution in [3.63, 3.8) is 0 Å². The van der Waals surface area contributed by atoms with E-state index in [2.05, 4.69) is 5.32 Å². The Morgan fingerprint density at radius 2 is 1.95 bits per heavy atom. The van der Waals surface area contributed by atoms with Gasteiger partial charge in [0.15, 0.2) is 0 Å². The molecule has 0 bridgehead atoms. The van der Waals surface area contributed by atoms with Gasteiger partial charge < -0.3 is 21.1 Å². The number of aliphatic hydroxyl groups excluding tert-OH is 1. The molecule has 1 aliphatic rings. The summed E-state index contributed by atoms with van der Waals surface area (Å²) in [6, 6.07) is 6.72. The molecule has 3 amide bonds. The molecule has 1 fully saturated rings. The Kier molecular flexibility index (Phi) is 4.57. The van der Waals surface area contributed by atoms with Crippen LogP contribution in [0.25, 0.3) is 0 Å². The van der Waals surface area contributed by atoms with Crippen LogP contribution >= 0.6 is 0 Å². The van der Waals surface area contributed by atoms with E-state index in [1.807, 2.05) is 0 Å². The average Bonchev–Trinajstić information content (AvgIpc) is 3.27. The van der Waals surface area contributed by atoms with Gasteiger partial charge in [-0.2, -0.15) is 0 Å². The maximum atomic E-state index is 12.3. The number of carbonyl (C=O) groups is 2. The first-order valence-electron chi connectivity index (χ1n) is 6.66. The predicted molar refractivity (Wildman–Crippen MR) is 74.0 cm³/mol. The van der Waals surface area contributed by atoms with Gasteiger partial charge in [-0.15, -0.1) is 0 Å². The number of aliphatic hydroxyl groups is 1. The Hall–Kier alpha value is -2.08. The standard InChI is InChI=1S/C14H19N3O3/c15-14(20)16-9-10-1-3-11(4-2-10)13(19)17(7-8-18)12-5-6-12/h1-4,12,18H,5-9H2,(H3,15,16,20). The molecule has 4 N–H and O–H groups in total. The van der Waals surface area contributed by atoms with Crippen molar-refractivity contribution < 1.29 is 14.7 Å². The van der Waals surface area contributed by atoms with Crippen LogP contribution in [0.4, 0.5) is 4.79 Å². The number of rotatable bonds is 6. The zero-order valence-electron chi connectivity index (χ0n) is 11.2. The van der Waals surface area contributed by atoms with Gasteiger partial charge in [0, 0.05) is 24.7 Å². The monoisotopic (exact) mass is 277 g/mol. The molecule has 0 unspecified atom stereocenters. The smallest absolute Gasteiger partial charge is 0.312 e. The van der Waals surface area contributed by atoms with Crippen molar-refractivity contribution in [2.45, 2.75) is 25.4 Å². The molecule has 0 atom stereocenters. The number of nitrogens with zero attached hydrogens (tertiary/aromatic N) is 1. The lowest BCUT2D eigenvalue weighted by molar-refractivity contribution is 0.0707. The Morgan fingerprint density at radius 3 is 2.45 bits per heavy atom. The summed E-state index contributed by atoms with van der Waals surface area (Å²) in [4.78, 5) is 24.7. The first-order chi connectivity index (χ1) is 9.61. The van der Waals surface area contributed by atoms with Crippen molar-refractivity contribution >= 4 is 11.9 Å². The highest BCUT2D eigenvalue weighted by atomic mass is 16.3. The van der Waals surface area contributed by atoms with Gasteiger partial charge in [0.1, 0.15) is 0 Å². The van der Waals surface area contributed by atoms with Crippen LogP contribution in [0, 0.1) is 0 Å². The molecule has 1 saturated carbocycles. The van der Waals surface area contributed by atoms with E-state index < -0.39 is 6.03 Å². The number of urea groups is 1. The lowest BCUT2D eigenvalue weighted by atomic mass is 10.1. The van der Waals surface area contributed by atoms with E-state index in [0.717, 1.165) is 18.4 Å². The fourth-order valence-electron chi connectivity index (χ4n) is 2.06. The van der Waals surface area contributed by atoms with Crippen molar-refractivity contribution in [2.75, 3.05) is 13.2 Å². The molecule has 2 rings (SSSR count). The normalized spacial score (nSPS) is 13.8. The molecule has 0 saturated heterocycles. The molecule has 1 aliphatic carbocycles. The lowest BCUT2D eigenvalue weighted by Gasteiger charge is -2.21. The maximum Gasteiger partial charge on any atom is 0.312 e. The molecule has 108 valence electrons. The zero-order chi connectivity index (χ0) is 14.5. The first kappa shape index (κ1) is 14.3. The molecule has 0 spiro atoms. The molecular formula is C14H19N3O3. The van der Waals surface area contributed by atoms with Gasteiger partial charge in [0.2, 0.25) is 0 Å². The van der Waals surface area contributed by atoms with Crippen LogP contribution in [-0.4, -0.2) is 41.1 Å². The van der Waals surface area contributed by atoms with Gasteiger partial charge in [0.25, 0.3) is 5.91 Å². The van der Waals surface area contributed by atoms with Crippen LogP contribution in [0.2, 0.25) is 0 Å². The number of nitrogens with one attached hydrogen (secondary N) is 1. The molecule has 6 heteroatoms. The van der Waals surface area contributed by atoms with Crippen LogP contribution < -0.4 is 11.1 Å². The third-order valence-electron chi connectivity index (χ3n) is 3.26. The topological polar surface area (TPSA) is 95.7 Å². The summed E-state index contributed by atoms with van der Waals surface area (Å²) in [6.45, 7) is 0.685. The highest BCUT2D eigenvalue weighted by Crippen LogP contribution is 2.27. The summed E-state index contributed by atoms with van der Waals surface area (Å²) in [5.74, 6) is -0.0593. The fraction of sp³-hybridized carbons (Fsp3) is 0.429. The predicted octanol–water partition coefficient (Wildman–Crippen LogP) is 0.452. The Bertz CT molecular complexity index is 483. The summed E-state index contributed by atoms with van der Waals surface area (Å²) in [5, 5.41) is 11.5. The minimum atomic E-state index is -0.576. The van der Waals surface area contributed by atoms with Crippen molar-refractivity contribution in [1.29, 1.82) is 0 Å². The number of amides is 3. The second kappa shape index (κ2) is 6.38. The number of hydrogen-bond acceptors (Lipinski definition) is 3. The van der Waals surface area contributed by atoms with Gasteiger partial charge in [-0.25, -0.2) is 4.79 Å². The van der Waals surface area contributed by atoms with Gasteiger partial charge >= 0.3 is 6.03 Å². The van der Waals surface area contributed by atoms with Crippen LogP contribution in [0.1, 0.15) is 28.8 Å². The van der Waals surface area contributed by atoms with Gasteiger partial charge in [-0.3, -0.25) is 4.79 Å². The quantitative estimate of drug-likeness (QED) is 0.704. The van der Waals surface area contributed by atoms with Crippen molar-refractivity contribution in [2.24, 2.45) is 5.73 Å². The van der Waals surface area contributed by atoms with Crippen LogP contribution in [0.5, 0.6) is 0 Å². The van der Waals surface area contributed by atoms with Gasteiger partial charge in [-0.05, 0) is 30.5 Å². The largest absolute Gasteiger partial charge is 0.395 e. The molecule has 0 aromatic heterocycles. The van der Waals surface area contributed by atoms with Crippen molar-refractivity contribution in [3.05, 3.63) is 35.4 Å². The maximum absolute atomic E-state index is 12.3. The molecular weight excluding hydrogens is 258 g/mol. The highest BCUT2D eigenvalue weighted by Gasteiger charge is 2.32. The van der Waals surface area contributed by atoms with E-state index in [9.17, 15) is 9.59 Å². The molecule has 1 aromatic rings. The van der Waals surface area contributed by atoms with Gasteiger partial charge in [0.05, 0.1) is 6.61 Å². The minimum absolute atomic E-state index is 0.0249. The summed E-state index contributed by atoms with van der Waals surface area (Å²) in [6.07, 6.45) is 2.01. The van der Waals surface area contributed by atoms with Crippen LogP contribution in [0.15, 0.2) is 24.3 Å². The summed E-state index contributed by atoms with van der Waals surface area (Å²) >= 11 is 0. The molecule has 20 heavy (non-hydrogen) atoms. The van der Waals surface area contributed by atoms with E-state index in [-0.39, 0.29) is 18.6 Å². The fourth-order valence-corrected chi connectivity index (χ4v) is 2.06. The summed E-state index contributed by atoms with van der Waals surface area (Å²) in [5.41, 5.74) is 6.46.